The zero-order valence-corrected chi connectivity index (χ0v) is 7.21. The van der Waals surface area contributed by atoms with Gasteiger partial charge in [-0.2, -0.15) is 0 Å². The topological polar surface area (TPSA) is 48.0 Å². The maximum atomic E-state index is 11.2. The Morgan fingerprint density at radius 1 is 1.75 bits per heavy atom. The Kier molecular flexibility index (Phi) is 2.55. The largest absolute Gasteiger partial charge is 0.394 e. The van der Waals surface area contributed by atoms with E-state index >= 15 is 0 Å². The molecule has 3 nitrogen and oxygen atoms in total. The molecule has 0 aliphatic rings. The Balaban J connectivity index is 3.09. The van der Waals surface area contributed by atoms with Crippen LogP contribution in [0.1, 0.15) is 0 Å². The summed E-state index contributed by atoms with van der Waals surface area (Å²) in [5, 5.41) is 0.405. The van der Waals surface area contributed by atoms with E-state index in [4.69, 9.17) is 17.3 Å². The van der Waals surface area contributed by atoms with Crippen LogP contribution in [-0.4, -0.2) is 4.57 Å². The summed E-state index contributed by atoms with van der Waals surface area (Å²) in [5.74, 6) is 0. The third-order valence-corrected chi connectivity index (χ3v) is 1.51. The molecule has 4 heteroatoms. The molecule has 1 aromatic heterocycles. The van der Waals surface area contributed by atoms with Gasteiger partial charge in [-0.1, -0.05) is 18.2 Å². The van der Waals surface area contributed by atoms with E-state index in [9.17, 15) is 4.79 Å². The minimum absolute atomic E-state index is 0.218. The van der Waals surface area contributed by atoms with Gasteiger partial charge in [0, 0.05) is 11.2 Å². The highest BCUT2D eigenvalue weighted by Crippen LogP contribution is 2.00. The van der Waals surface area contributed by atoms with Gasteiger partial charge in [-0.3, -0.25) is 4.79 Å². The number of halogens is 1. The molecular formula is C8H9ClN2O. The lowest BCUT2D eigenvalue weighted by Gasteiger charge is -2.03. The number of nitrogen functional groups attached to an aromatic ring is 1. The van der Waals surface area contributed by atoms with Crippen molar-refractivity contribution in [2.75, 3.05) is 5.73 Å². The number of pyridine rings is 1. The van der Waals surface area contributed by atoms with Crippen LogP contribution in [0.15, 0.2) is 34.7 Å². The standard InChI is InChI=1S/C8H9ClN2O/c1-6(9)5-11-4-2-3-7(10)8(11)12/h2-4H,1,5,10H2. The monoisotopic (exact) mass is 184 g/mol. The highest BCUT2D eigenvalue weighted by atomic mass is 35.5. The van der Waals surface area contributed by atoms with Gasteiger partial charge >= 0.3 is 0 Å². The predicted octanol–water partition coefficient (Wildman–Crippen LogP) is 1.18. The predicted molar refractivity (Wildman–Crippen MR) is 50.1 cm³/mol. The van der Waals surface area contributed by atoms with Crippen molar-refractivity contribution in [3.63, 3.8) is 0 Å². The zero-order valence-electron chi connectivity index (χ0n) is 6.46. The SMILES string of the molecule is C=C(Cl)Cn1cccc(N)c1=O. The van der Waals surface area contributed by atoms with Crippen LogP contribution in [0.3, 0.4) is 0 Å². The van der Waals surface area contributed by atoms with Gasteiger partial charge in [0.25, 0.3) is 5.56 Å². The van der Waals surface area contributed by atoms with Crippen LogP contribution in [0.25, 0.3) is 0 Å². The number of aromatic nitrogens is 1. The van der Waals surface area contributed by atoms with E-state index < -0.39 is 0 Å². The van der Waals surface area contributed by atoms with E-state index in [1.807, 2.05) is 0 Å². The third kappa shape index (κ3) is 1.89. The molecule has 64 valence electrons. The molecule has 0 aromatic carbocycles. The van der Waals surface area contributed by atoms with Crippen molar-refractivity contribution in [2.24, 2.45) is 0 Å². The molecule has 1 aromatic rings. The van der Waals surface area contributed by atoms with Gasteiger partial charge in [-0.25, -0.2) is 0 Å². The summed E-state index contributed by atoms with van der Waals surface area (Å²) in [5.41, 5.74) is 5.37. The summed E-state index contributed by atoms with van der Waals surface area (Å²) in [6.07, 6.45) is 1.62. The lowest BCUT2D eigenvalue weighted by atomic mass is 10.4. The molecule has 0 saturated heterocycles. The first-order chi connectivity index (χ1) is 5.61. The zero-order chi connectivity index (χ0) is 9.14. The fourth-order valence-electron chi connectivity index (χ4n) is 0.865. The molecule has 0 atom stereocenters. The third-order valence-electron chi connectivity index (χ3n) is 1.39. The minimum Gasteiger partial charge on any atom is -0.394 e. The number of nitrogens with zero attached hydrogens (tertiary/aromatic N) is 1. The van der Waals surface area contributed by atoms with Crippen LogP contribution in [-0.2, 0) is 6.54 Å². The summed E-state index contributed by atoms with van der Waals surface area (Å²) in [4.78, 5) is 11.2. The Morgan fingerprint density at radius 2 is 2.42 bits per heavy atom. The smallest absolute Gasteiger partial charge is 0.273 e. The first-order valence-electron chi connectivity index (χ1n) is 3.39. The maximum absolute atomic E-state index is 11.2. The van der Waals surface area contributed by atoms with Crippen LogP contribution in [0, 0.1) is 0 Å². The molecule has 0 spiro atoms. The number of rotatable bonds is 2. The van der Waals surface area contributed by atoms with Crippen molar-refractivity contribution in [3.8, 4) is 0 Å². The summed E-state index contributed by atoms with van der Waals surface area (Å²) >= 11 is 5.54. The highest BCUT2D eigenvalue weighted by molar-refractivity contribution is 6.29. The van der Waals surface area contributed by atoms with Gasteiger partial charge < -0.3 is 10.3 Å². The van der Waals surface area contributed by atoms with E-state index in [0.717, 1.165) is 0 Å². The lowest BCUT2D eigenvalue weighted by Crippen LogP contribution is -2.21. The lowest BCUT2D eigenvalue weighted by molar-refractivity contribution is 0.774. The summed E-state index contributed by atoms with van der Waals surface area (Å²) in [6, 6.07) is 3.24. The molecule has 1 rings (SSSR count). The van der Waals surface area contributed by atoms with Crippen molar-refractivity contribution in [1.29, 1.82) is 0 Å². The molecule has 0 fully saturated rings. The van der Waals surface area contributed by atoms with Gasteiger partial charge in [0.15, 0.2) is 0 Å². The fourth-order valence-corrected chi connectivity index (χ4v) is 0.994. The van der Waals surface area contributed by atoms with E-state index in [1.54, 1.807) is 18.3 Å². The molecule has 0 bridgehead atoms. The van der Waals surface area contributed by atoms with E-state index in [-0.39, 0.29) is 11.2 Å². The average Bonchev–Trinajstić information content (AvgIpc) is 1.98. The Bertz CT molecular complexity index is 356. The second kappa shape index (κ2) is 3.45. The molecule has 2 N–H and O–H groups in total. The summed E-state index contributed by atoms with van der Waals surface area (Å²) in [7, 11) is 0. The second-order valence-corrected chi connectivity index (χ2v) is 2.95. The average molecular weight is 185 g/mol. The molecule has 0 unspecified atom stereocenters. The summed E-state index contributed by atoms with van der Waals surface area (Å²) in [6.45, 7) is 3.78. The number of nitrogens with two attached hydrogens (primary N) is 1. The second-order valence-electron chi connectivity index (χ2n) is 2.41. The molecular weight excluding hydrogens is 176 g/mol. The molecule has 12 heavy (non-hydrogen) atoms. The Hall–Kier alpha value is -1.22. The fraction of sp³-hybridized carbons (Fsp3) is 0.125. The van der Waals surface area contributed by atoms with Crippen LogP contribution in [0.2, 0.25) is 0 Å². The van der Waals surface area contributed by atoms with Gasteiger partial charge in [-0.05, 0) is 12.1 Å². The quantitative estimate of drug-likeness (QED) is 0.751. The van der Waals surface area contributed by atoms with Gasteiger partial charge in [0.2, 0.25) is 0 Å². The van der Waals surface area contributed by atoms with Gasteiger partial charge in [0.05, 0.1) is 12.2 Å². The first kappa shape index (κ1) is 8.87. The van der Waals surface area contributed by atoms with E-state index in [2.05, 4.69) is 6.58 Å². The van der Waals surface area contributed by atoms with Crippen molar-refractivity contribution >= 4 is 17.3 Å². The van der Waals surface area contributed by atoms with E-state index in [0.29, 0.717) is 11.6 Å². The number of allylic oxidation sites excluding steroid dienone is 1. The number of hydrogen-bond acceptors (Lipinski definition) is 2. The minimum atomic E-state index is -0.237. The molecule has 1 heterocycles. The van der Waals surface area contributed by atoms with Crippen LogP contribution in [0.5, 0.6) is 0 Å². The van der Waals surface area contributed by atoms with Crippen molar-refractivity contribution in [3.05, 3.63) is 40.3 Å². The Labute approximate surface area is 75.1 Å². The van der Waals surface area contributed by atoms with Crippen molar-refractivity contribution in [2.45, 2.75) is 6.54 Å². The maximum Gasteiger partial charge on any atom is 0.273 e. The molecule has 0 saturated carbocycles. The molecule has 0 aliphatic heterocycles. The van der Waals surface area contributed by atoms with Crippen LogP contribution in [0.4, 0.5) is 5.69 Å². The summed E-state index contributed by atoms with van der Waals surface area (Å²) < 4.78 is 1.41. The molecule has 0 amide bonds. The Morgan fingerprint density at radius 3 is 3.00 bits per heavy atom. The van der Waals surface area contributed by atoms with Crippen LogP contribution < -0.4 is 11.3 Å². The van der Waals surface area contributed by atoms with Crippen LogP contribution >= 0.6 is 11.6 Å². The first-order valence-corrected chi connectivity index (χ1v) is 3.77. The molecule has 0 aliphatic carbocycles. The number of hydrogen-bond donors (Lipinski definition) is 1. The van der Waals surface area contributed by atoms with Gasteiger partial charge in [0.1, 0.15) is 0 Å². The number of anilines is 1. The van der Waals surface area contributed by atoms with Gasteiger partial charge in [-0.15, -0.1) is 0 Å². The van der Waals surface area contributed by atoms with E-state index in [1.165, 1.54) is 4.57 Å². The van der Waals surface area contributed by atoms with Crippen molar-refractivity contribution in [1.82, 2.24) is 4.57 Å². The van der Waals surface area contributed by atoms with Crippen molar-refractivity contribution < 1.29 is 0 Å². The molecule has 0 radical (unpaired) electrons. The highest BCUT2D eigenvalue weighted by Gasteiger charge is 1.98. The normalized spacial score (nSPS) is 9.75.